The highest BCUT2D eigenvalue weighted by Crippen LogP contribution is 2.31. The van der Waals surface area contributed by atoms with Crippen molar-refractivity contribution in [3.05, 3.63) is 34.9 Å². The maximum Gasteiger partial charge on any atom is 0.0773 e. The molecule has 1 aromatic rings. The van der Waals surface area contributed by atoms with E-state index >= 15 is 0 Å². The minimum atomic E-state index is -0.388. The van der Waals surface area contributed by atoms with Gasteiger partial charge in [0.2, 0.25) is 0 Å². The molecular formula is C10H13NO. The van der Waals surface area contributed by atoms with Crippen LogP contribution in [0.1, 0.15) is 22.7 Å². The Kier molecular flexibility index (Phi) is 1.67. The lowest BCUT2D eigenvalue weighted by molar-refractivity contribution is 0.158. The summed E-state index contributed by atoms with van der Waals surface area (Å²) in [6.45, 7) is 2.04. The van der Waals surface area contributed by atoms with Crippen LogP contribution in [-0.4, -0.2) is 11.2 Å². The van der Waals surface area contributed by atoms with E-state index in [1.54, 1.807) is 0 Å². The fourth-order valence-electron chi connectivity index (χ4n) is 1.94. The van der Waals surface area contributed by atoms with Gasteiger partial charge in [-0.1, -0.05) is 18.2 Å². The molecule has 0 unspecified atom stereocenters. The minimum Gasteiger partial charge on any atom is -0.391 e. The van der Waals surface area contributed by atoms with Crippen molar-refractivity contribution in [3.63, 3.8) is 0 Å². The van der Waals surface area contributed by atoms with Crippen molar-refractivity contribution >= 4 is 0 Å². The van der Waals surface area contributed by atoms with Gasteiger partial charge in [-0.2, -0.15) is 0 Å². The second kappa shape index (κ2) is 2.57. The number of aryl methyl sites for hydroxylation is 1. The molecule has 0 fully saturated rings. The van der Waals surface area contributed by atoms with E-state index in [1.807, 2.05) is 25.1 Å². The number of benzene rings is 1. The van der Waals surface area contributed by atoms with Gasteiger partial charge in [0, 0.05) is 6.42 Å². The Morgan fingerprint density at radius 3 is 2.92 bits per heavy atom. The van der Waals surface area contributed by atoms with Gasteiger partial charge in [-0.3, -0.25) is 0 Å². The highest BCUT2D eigenvalue weighted by molar-refractivity contribution is 5.41. The third-order valence-corrected chi connectivity index (χ3v) is 2.59. The van der Waals surface area contributed by atoms with E-state index in [2.05, 4.69) is 0 Å². The summed E-state index contributed by atoms with van der Waals surface area (Å²) in [5.41, 5.74) is 9.38. The monoisotopic (exact) mass is 163 g/mol. The maximum atomic E-state index is 9.52. The molecule has 2 nitrogen and oxygen atoms in total. The zero-order valence-electron chi connectivity index (χ0n) is 7.12. The Labute approximate surface area is 72.0 Å². The van der Waals surface area contributed by atoms with Crippen LogP contribution in [0.25, 0.3) is 0 Å². The standard InChI is InChI=1S/C10H13NO/c1-6-3-2-4-7-5-8(12)10(11)9(6)7/h2-4,8,10,12H,5,11H2,1H3/t8-,10-/m0/s1. The molecule has 0 aromatic heterocycles. The van der Waals surface area contributed by atoms with E-state index in [0.717, 1.165) is 5.56 Å². The molecule has 1 aliphatic carbocycles. The van der Waals surface area contributed by atoms with Crippen LogP contribution in [0.2, 0.25) is 0 Å². The predicted octanol–water partition coefficient (Wildman–Crippen LogP) is 0.912. The first-order valence-corrected chi connectivity index (χ1v) is 4.22. The molecule has 0 spiro atoms. The van der Waals surface area contributed by atoms with E-state index < -0.39 is 0 Å². The van der Waals surface area contributed by atoms with Crippen molar-refractivity contribution in [2.75, 3.05) is 0 Å². The number of aliphatic hydroxyl groups excluding tert-OH is 1. The minimum absolute atomic E-state index is 0.179. The first kappa shape index (κ1) is 7.77. The van der Waals surface area contributed by atoms with Crippen molar-refractivity contribution in [3.8, 4) is 0 Å². The molecule has 1 aliphatic rings. The molecule has 0 radical (unpaired) electrons. The van der Waals surface area contributed by atoms with Crippen LogP contribution in [-0.2, 0) is 6.42 Å². The highest BCUT2D eigenvalue weighted by Gasteiger charge is 2.28. The Bertz CT molecular complexity index is 309. The topological polar surface area (TPSA) is 46.2 Å². The van der Waals surface area contributed by atoms with E-state index in [0.29, 0.717) is 6.42 Å². The summed E-state index contributed by atoms with van der Waals surface area (Å²) in [7, 11) is 0. The van der Waals surface area contributed by atoms with Gasteiger partial charge in [-0.15, -0.1) is 0 Å². The van der Waals surface area contributed by atoms with Crippen LogP contribution < -0.4 is 5.73 Å². The van der Waals surface area contributed by atoms with E-state index in [1.165, 1.54) is 11.1 Å². The fourth-order valence-corrected chi connectivity index (χ4v) is 1.94. The number of aliphatic hydroxyl groups is 1. The first-order valence-electron chi connectivity index (χ1n) is 4.22. The lowest BCUT2D eigenvalue weighted by atomic mass is 10.0. The average Bonchev–Trinajstić information content (AvgIpc) is 2.29. The molecule has 0 saturated carbocycles. The molecule has 2 atom stereocenters. The van der Waals surface area contributed by atoms with Gasteiger partial charge in [0.25, 0.3) is 0 Å². The van der Waals surface area contributed by atoms with Gasteiger partial charge in [0.1, 0.15) is 0 Å². The molecule has 0 bridgehead atoms. The zero-order valence-corrected chi connectivity index (χ0v) is 7.12. The molecule has 12 heavy (non-hydrogen) atoms. The average molecular weight is 163 g/mol. The maximum absolute atomic E-state index is 9.52. The van der Waals surface area contributed by atoms with E-state index in [4.69, 9.17) is 5.73 Å². The van der Waals surface area contributed by atoms with E-state index in [9.17, 15) is 5.11 Å². The number of hydrogen-bond acceptors (Lipinski definition) is 2. The third kappa shape index (κ3) is 0.958. The first-order chi connectivity index (χ1) is 5.70. The molecule has 0 saturated heterocycles. The Morgan fingerprint density at radius 2 is 2.25 bits per heavy atom. The number of rotatable bonds is 0. The molecule has 2 rings (SSSR count). The molecule has 64 valence electrons. The van der Waals surface area contributed by atoms with Gasteiger partial charge in [-0.05, 0) is 23.6 Å². The Hall–Kier alpha value is -0.860. The second-order valence-electron chi connectivity index (χ2n) is 3.44. The largest absolute Gasteiger partial charge is 0.391 e. The van der Waals surface area contributed by atoms with Crippen LogP contribution in [0.5, 0.6) is 0 Å². The SMILES string of the molecule is Cc1cccc2c1[C@@H](N)[C@@H](O)C2. The van der Waals surface area contributed by atoms with Gasteiger partial charge < -0.3 is 10.8 Å². The number of hydrogen-bond donors (Lipinski definition) is 2. The van der Waals surface area contributed by atoms with Gasteiger partial charge in [-0.25, -0.2) is 0 Å². The number of nitrogens with two attached hydrogens (primary N) is 1. The summed E-state index contributed by atoms with van der Waals surface area (Å²) in [6.07, 6.45) is 0.319. The van der Waals surface area contributed by atoms with Crippen molar-refractivity contribution < 1.29 is 5.11 Å². The fraction of sp³-hybridized carbons (Fsp3) is 0.400. The molecule has 2 heteroatoms. The van der Waals surface area contributed by atoms with Gasteiger partial charge >= 0.3 is 0 Å². The lowest BCUT2D eigenvalue weighted by Crippen LogP contribution is -2.21. The van der Waals surface area contributed by atoms with Crippen molar-refractivity contribution in [2.24, 2.45) is 5.73 Å². The van der Waals surface area contributed by atoms with Crippen LogP contribution in [0, 0.1) is 6.92 Å². The predicted molar refractivity (Wildman–Crippen MR) is 47.8 cm³/mol. The summed E-state index contributed by atoms with van der Waals surface area (Å²) < 4.78 is 0. The van der Waals surface area contributed by atoms with Crippen LogP contribution >= 0.6 is 0 Å². The quantitative estimate of drug-likeness (QED) is 0.597. The van der Waals surface area contributed by atoms with Gasteiger partial charge in [0.05, 0.1) is 12.1 Å². The Morgan fingerprint density at radius 1 is 1.50 bits per heavy atom. The number of fused-ring (bicyclic) bond motifs is 1. The molecular weight excluding hydrogens is 150 g/mol. The van der Waals surface area contributed by atoms with E-state index in [-0.39, 0.29) is 12.1 Å². The highest BCUT2D eigenvalue weighted by atomic mass is 16.3. The van der Waals surface area contributed by atoms with Gasteiger partial charge in [0.15, 0.2) is 0 Å². The summed E-state index contributed by atoms with van der Waals surface area (Å²) in [4.78, 5) is 0. The van der Waals surface area contributed by atoms with Crippen molar-refractivity contribution in [1.29, 1.82) is 0 Å². The third-order valence-electron chi connectivity index (χ3n) is 2.59. The molecule has 0 aliphatic heterocycles. The lowest BCUT2D eigenvalue weighted by Gasteiger charge is -2.10. The van der Waals surface area contributed by atoms with Crippen molar-refractivity contribution in [2.45, 2.75) is 25.5 Å². The molecule has 1 aromatic carbocycles. The zero-order chi connectivity index (χ0) is 8.72. The summed E-state index contributed by atoms with van der Waals surface area (Å²) in [6, 6.07) is 5.91. The van der Waals surface area contributed by atoms with Crippen molar-refractivity contribution in [1.82, 2.24) is 0 Å². The Balaban J connectivity index is 2.55. The molecule has 0 heterocycles. The summed E-state index contributed by atoms with van der Waals surface area (Å²) in [5.74, 6) is 0. The van der Waals surface area contributed by atoms with Crippen LogP contribution in [0.4, 0.5) is 0 Å². The normalized spacial score (nSPS) is 27.2. The smallest absolute Gasteiger partial charge is 0.0773 e. The molecule has 3 N–H and O–H groups in total. The van der Waals surface area contributed by atoms with Crippen LogP contribution in [0.3, 0.4) is 0 Å². The second-order valence-corrected chi connectivity index (χ2v) is 3.44. The summed E-state index contributed by atoms with van der Waals surface area (Å²) >= 11 is 0. The summed E-state index contributed by atoms with van der Waals surface area (Å²) in [5, 5.41) is 9.52. The van der Waals surface area contributed by atoms with Crippen LogP contribution in [0.15, 0.2) is 18.2 Å². The molecule has 0 amide bonds.